The Morgan fingerprint density at radius 2 is 1.25 bits per heavy atom. The van der Waals surface area contributed by atoms with Crippen molar-refractivity contribution in [3.8, 4) is 23.3 Å². The normalized spacial score (nSPS) is 10.2. The lowest BCUT2D eigenvalue weighted by atomic mass is 10.3. The number of para-hydroxylation sites is 1. The first kappa shape index (κ1) is 15.8. The Balaban J connectivity index is 1.38. The zero-order valence-electron chi connectivity index (χ0n) is 13.2. The summed E-state index contributed by atoms with van der Waals surface area (Å²) in [5.41, 5.74) is 0. The van der Waals surface area contributed by atoms with Crippen molar-refractivity contribution in [2.45, 2.75) is 6.42 Å². The third kappa shape index (κ3) is 4.98. The van der Waals surface area contributed by atoms with Crippen molar-refractivity contribution in [1.82, 2.24) is 9.97 Å². The summed E-state index contributed by atoms with van der Waals surface area (Å²) < 4.78 is 16.8. The molecule has 0 amide bonds. The molecule has 3 rings (SSSR count). The summed E-state index contributed by atoms with van der Waals surface area (Å²) in [6.07, 6.45) is 4.05. The van der Waals surface area contributed by atoms with Gasteiger partial charge >= 0.3 is 6.01 Å². The van der Waals surface area contributed by atoms with Crippen molar-refractivity contribution >= 4 is 0 Å². The van der Waals surface area contributed by atoms with Gasteiger partial charge in [0, 0.05) is 18.8 Å². The van der Waals surface area contributed by atoms with Crippen molar-refractivity contribution in [2.75, 3.05) is 13.2 Å². The van der Waals surface area contributed by atoms with Crippen molar-refractivity contribution < 1.29 is 14.2 Å². The maximum Gasteiger partial charge on any atom is 0.316 e. The minimum absolute atomic E-state index is 0.389. The van der Waals surface area contributed by atoms with Gasteiger partial charge in [0.05, 0.1) is 13.2 Å². The second-order valence-corrected chi connectivity index (χ2v) is 4.97. The predicted octanol–water partition coefficient (Wildman–Crippen LogP) is 4.12. The van der Waals surface area contributed by atoms with E-state index >= 15 is 0 Å². The van der Waals surface area contributed by atoms with Crippen molar-refractivity contribution in [3.63, 3.8) is 0 Å². The lowest BCUT2D eigenvalue weighted by Crippen LogP contribution is -2.06. The molecular weight excluding hydrogens is 304 g/mol. The molecule has 0 radical (unpaired) electrons. The van der Waals surface area contributed by atoms with Crippen LogP contribution in [0, 0.1) is 0 Å². The summed E-state index contributed by atoms with van der Waals surface area (Å²) >= 11 is 0. The fourth-order valence-corrected chi connectivity index (χ4v) is 2.00. The van der Waals surface area contributed by atoms with Crippen LogP contribution < -0.4 is 14.2 Å². The number of ether oxygens (including phenoxy) is 3. The van der Waals surface area contributed by atoms with Crippen molar-refractivity contribution in [3.05, 3.63) is 73.1 Å². The maximum atomic E-state index is 5.74. The molecule has 0 saturated heterocycles. The van der Waals surface area contributed by atoms with E-state index in [1.807, 2.05) is 54.6 Å². The second kappa shape index (κ2) is 8.53. The Kier molecular flexibility index (Phi) is 5.61. The topological polar surface area (TPSA) is 53.5 Å². The first-order valence-corrected chi connectivity index (χ1v) is 7.76. The Hall–Kier alpha value is -3.08. The molecule has 0 unspecified atom stereocenters. The van der Waals surface area contributed by atoms with E-state index in [1.165, 1.54) is 0 Å². The fourth-order valence-electron chi connectivity index (χ4n) is 2.00. The summed E-state index contributed by atoms with van der Waals surface area (Å²) in [4.78, 5) is 7.98. The van der Waals surface area contributed by atoms with E-state index in [4.69, 9.17) is 14.2 Å². The summed E-state index contributed by atoms with van der Waals surface area (Å²) in [6, 6.07) is 19.4. The molecule has 24 heavy (non-hydrogen) atoms. The average Bonchev–Trinajstić information content (AvgIpc) is 2.65. The molecule has 1 aromatic heterocycles. The van der Waals surface area contributed by atoms with Gasteiger partial charge < -0.3 is 14.2 Å². The molecule has 0 aliphatic rings. The minimum Gasteiger partial charge on any atom is -0.493 e. The summed E-state index contributed by atoms with van der Waals surface area (Å²) in [6.45, 7) is 1.07. The van der Waals surface area contributed by atoms with Gasteiger partial charge in [-0.25, -0.2) is 9.97 Å². The van der Waals surface area contributed by atoms with Crippen LogP contribution >= 0.6 is 0 Å². The van der Waals surface area contributed by atoms with Gasteiger partial charge in [-0.15, -0.1) is 0 Å². The smallest absolute Gasteiger partial charge is 0.316 e. The van der Waals surface area contributed by atoms with Crippen LogP contribution in [-0.2, 0) is 0 Å². The molecule has 0 atom stereocenters. The minimum atomic E-state index is 0.389. The van der Waals surface area contributed by atoms with Gasteiger partial charge in [0.1, 0.15) is 17.2 Å². The maximum absolute atomic E-state index is 5.74. The summed E-state index contributed by atoms with van der Waals surface area (Å²) in [5.74, 6) is 2.39. The quantitative estimate of drug-likeness (QED) is 0.584. The Labute approximate surface area is 140 Å². The molecule has 0 saturated carbocycles. The molecule has 0 bridgehead atoms. The third-order valence-electron chi connectivity index (χ3n) is 3.13. The monoisotopic (exact) mass is 322 g/mol. The van der Waals surface area contributed by atoms with Crippen LogP contribution in [0.2, 0.25) is 0 Å². The number of hydrogen-bond donors (Lipinski definition) is 0. The van der Waals surface area contributed by atoms with Crippen molar-refractivity contribution in [2.24, 2.45) is 0 Å². The molecule has 5 heteroatoms. The first-order valence-electron chi connectivity index (χ1n) is 7.76. The zero-order chi connectivity index (χ0) is 16.5. The molecule has 0 aliphatic carbocycles. The highest BCUT2D eigenvalue weighted by molar-refractivity contribution is 5.35. The molecule has 0 N–H and O–H groups in total. The lowest BCUT2D eigenvalue weighted by molar-refractivity contribution is 0.236. The van der Waals surface area contributed by atoms with E-state index < -0.39 is 0 Å². The van der Waals surface area contributed by atoms with Crippen LogP contribution in [0.5, 0.6) is 23.3 Å². The van der Waals surface area contributed by atoms with Gasteiger partial charge in [-0.3, -0.25) is 0 Å². The van der Waals surface area contributed by atoms with Crippen LogP contribution in [0.1, 0.15) is 6.42 Å². The average molecular weight is 322 g/mol. The molecule has 5 nitrogen and oxygen atoms in total. The van der Waals surface area contributed by atoms with Gasteiger partial charge in [-0.05, 0) is 42.5 Å². The van der Waals surface area contributed by atoms with E-state index in [1.54, 1.807) is 18.5 Å². The van der Waals surface area contributed by atoms with Crippen LogP contribution in [0.3, 0.4) is 0 Å². The predicted molar refractivity (Wildman–Crippen MR) is 90.6 cm³/mol. The number of aromatic nitrogens is 2. The van der Waals surface area contributed by atoms with Gasteiger partial charge in [0.15, 0.2) is 0 Å². The summed E-state index contributed by atoms with van der Waals surface area (Å²) in [5, 5.41) is 0. The molecule has 3 aromatic rings. The van der Waals surface area contributed by atoms with Crippen LogP contribution in [0.4, 0.5) is 0 Å². The number of hydrogen-bond acceptors (Lipinski definition) is 5. The third-order valence-corrected chi connectivity index (χ3v) is 3.13. The highest BCUT2D eigenvalue weighted by atomic mass is 16.5. The Bertz CT molecular complexity index is 719. The Morgan fingerprint density at radius 3 is 2.00 bits per heavy atom. The highest BCUT2D eigenvalue weighted by Gasteiger charge is 1.99. The van der Waals surface area contributed by atoms with Crippen LogP contribution in [0.15, 0.2) is 73.1 Å². The van der Waals surface area contributed by atoms with E-state index in [0.29, 0.717) is 19.2 Å². The van der Waals surface area contributed by atoms with Gasteiger partial charge in [0.2, 0.25) is 0 Å². The number of benzene rings is 2. The molecular formula is C19H18N2O3. The molecule has 1 heterocycles. The molecule has 122 valence electrons. The largest absolute Gasteiger partial charge is 0.493 e. The number of rotatable bonds is 8. The van der Waals surface area contributed by atoms with E-state index in [-0.39, 0.29) is 0 Å². The molecule has 0 fully saturated rings. The van der Waals surface area contributed by atoms with E-state index in [0.717, 1.165) is 23.7 Å². The van der Waals surface area contributed by atoms with Crippen molar-refractivity contribution in [1.29, 1.82) is 0 Å². The zero-order valence-corrected chi connectivity index (χ0v) is 13.2. The highest BCUT2D eigenvalue weighted by Crippen LogP contribution is 2.23. The second-order valence-electron chi connectivity index (χ2n) is 4.97. The van der Waals surface area contributed by atoms with Gasteiger partial charge in [-0.2, -0.15) is 0 Å². The molecule has 2 aromatic carbocycles. The van der Waals surface area contributed by atoms with Crippen LogP contribution in [-0.4, -0.2) is 23.2 Å². The lowest BCUT2D eigenvalue weighted by Gasteiger charge is -2.08. The molecule has 0 spiro atoms. The van der Waals surface area contributed by atoms with Gasteiger partial charge in [0.25, 0.3) is 0 Å². The molecule has 0 aliphatic heterocycles. The van der Waals surface area contributed by atoms with E-state index in [9.17, 15) is 0 Å². The first-order chi connectivity index (χ1) is 11.9. The number of nitrogens with zero attached hydrogens (tertiary/aromatic N) is 2. The van der Waals surface area contributed by atoms with Gasteiger partial charge in [-0.1, -0.05) is 18.2 Å². The Morgan fingerprint density at radius 1 is 0.625 bits per heavy atom. The fraction of sp³-hybridized carbons (Fsp3) is 0.158. The standard InChI is InChI=1S/C19H18N2O3/c1-2-6-17(7-3-1)24-18-10-8-16(9-11-18)22-14-5-15-23-19-20-12-4-13-21-19/h1-4,6-13H,5,14-15H2. The summed E-state index contributed by atoms with van der Waals surface area (Å²) in [7, 11) is 0. The SMILES string of the molecule is c1ccc(Oc2ccc(OCCCOc3ncccn3)cc2)cc1. The van der Waals surface area contributed by atoms with E-state index in [2.05, 4.69) is 9.97 Å². The van der Waals surface area contributed by atoms with Crippen LogP contribution in [0.25, 0.3) is 0 Å².